The lowest BCUT2D eigenvalue weighted by atomic mass is 10.2. The minimum absolute atomic E-state index is 0.175. The Kier molecular flexibility index (Phi) is 5.32. The molecule has 1 N–H and O–H groups in total. The number of nitriles is 1. The van der Waals surface area contributed by atoms with E-state index in [0.29, 0.717) is 18.3 Å². The fraction of sp³-hybridized carbons (Fsp3) is 0.278. The number of nitrogens with one attached hydrogen (secondary N) is 1. The van der Waals surface area contributed by atoms with E-state index in [1.54, 1.807) is 12.5 Å². The molecule has 0 saturated carbocycles. The van der Waals surface area contributed by atoms with Gasteiger partial charge in [0.25, 0.3) is 0 Å². The van der Waals surface area contributed by atoms with Crippen molar-refractivity contribution in [2.75, 3.05) is 11.9 Å². The summed E-state index contributed by atoms with van der Waals surface area (Å²) < 4.78 is 13.3. The molecule has 0 aliphatic heterocycles. The third kappa shape index (κ3) is 4.61. The minimum atomic E-state index is 0.175. The maximum Gasteiger partial charge on any atom is 0.236 e. The van der Waals surface area contributed by atoms with E-state index in [2.05, 4.69) is 15.3 Å². The van der Waals surface area contributed by atoms with Crippen LogP contribution >= 0.6 is 0 Å². The number of nitrogens with zero attached hydrogens (tertiary/aromatic N) is 4. The summed E-state index contributed by atoms with van der Waals surface area (Å²) in [7, 11) is 0. The Morgan fingerprint density at radius 3 is 3.08 bits per heavy atom. The second-order valence-electron chi connectivity index (χ2n) is 5.58. The van der Waals surface area contributed by atoms with Crippen molar-refractivity contribution in [1.82, 2.24) is 14.5 Å². The lowest BCUT2D eigenvalue weighted by molar-refractivity contribution is 0.264. The number of hydrogen-bond acceptors (Lipinski definition) is 6. The van der Waals surface area contributed by atoms with Gasteiger partial charge >= 0.3 is 0 Å². The molecule has 2 aromatic heterocycles. The maximum atomic E-state index is 9.19. The van der Waals surface area contributed by atoms with Gasteiger partial charge in [0.2, 0.25) is 17.5 Å². The molecule has 0 amide bonds. The van der Waals surface area contributed by atoms with Crippen molar-refractivity contribution in [3.8, 4) is 11.8 Å². The summed E-state index contributed by atoms with van der Waals surface area (Å²) in [5.74, 6) is 1.50. The van der Waals surface area contributed by atoms with E-state index in [0.717, 1.165) is 24.3 Å². The van der Waals surface area contributed by atoms with Crippen LogP contribution in [0, 0.1) is 18.3 Å². The smallest absolute Gasteiger partial charge is 0.236 e. The Labute approximate surface area is 145 Å². The first-order valence-corrected chi connectivity index (χ1v) is 8.03. The van der Waals surface area contributed by atoms with Crippen molar-refractivity contribution in [3.05, 3.63) is 60.1 Å². The molecule has 0 aliphatic rings. The summed E-state index contributed by atoms with van der Waals surface area (Å²) in [5.41, 5.74) is 1.35. The first-order chi connectivity index (χ1) is 12.2. The highest BCUT2D eigenvalue weighted by Gasteiger charge is 2.13. The van der Waals surface area contributed by atoms with Gasteiger partial charge in [0.15, 0.2) is 6.61 Å². The van der Waals surface area contributed by atoms with Crippen LogP contribution in [-0.2, 0) is 13.2 Å². The van der Waals surface area contributed by atoms with Gasteiger partial charge in [-0.1, -0.05) is 12.1 Å². The molecule has 0 atom stereocenters. The Morgan fingerprint density at radius 1 is 1.40 bits per heavy atom. The average molecular weight is 337 g/mol. The molecule has 1 aromatic carbocycles. The van der Waals surface area contributed by atoms with Gasteiger partial charge in [0.1, 0.15) is 11.8 Å². The van der Waals surface area contributed by atoms with Crippen molar-refractivity contribution in [1.29, 1.82) is 5.26 Å². The van der Waals surface area contributed by atoms with Gasteiger partial charge in [-0.15, -0.1) is 0 Å². The molecule has 0 fully saturated rings. The van der Waals surface area contributed by atoms with Crippen LogP contribution in [0.4, 0.5) is 5.88 Å². The van der Waals surface area contributed by atoms with E-state index in [1.807, 2.05) is 48.0 Å². The maximum absolute atomic E-state index is 9.19. The molecule has 7 heteroatoms. The Morgan fingerprint density at radius 2 is 2.32 bits per heavy atom. The molecule has 0 saturated heterocycles. The number of oxazole rings is 1. The average Bonchev–Trinajstić information content (AvgIpc) is 3.26. The molecule has 0 aliphatic carbocycles. The zero-order valence-corrected chi connectivity index (χ0v) is 14.0. The van der Waals surface area contributed by atoms with Crippen molar-refractivity contribution < 1.29 is 9.15 Å². The molecule has 7 nitrogen and oxygen atoms in total. The number of rotatable bonds is 8. The molecule has 0 radical (unpaired) electrons. The van der Waals surface area contributed by atoms with Crippen LogP contribution in [0.1, 0.15) is 23.6 Å². The molecule has 0 spiro atoms. The van der Waals surface area contributed by atoms with Crippen LogP contribution in [0.3, 0.4) is 0 Å². The number of benzene rings is 1. The number of imidazole rings is 1. The molecule has 128 valence electrons. The minimum Gasteiger partial charge on any atom is -0.484 e. The van der Waals surface area contributed by atoms with Gasteiger partial charge in [-0.25, -0.2) is 4.98 Å². The van der Waals surface area contributed by atoms with Crippen LogP contribution in [0.5, 0.6) is 5.75 Å². The standard InChI is InChI=1S/C18H19N5O2/c1-14-4-2-5-15(10-14)24-12-17-22-16(11-19)18(25-17)21-6-3-8-23-9-7-20-13-23/h2,4-5,7,9-10,13,21H,3,6,8,12H2,1H3. The second kappa shape index (κ2) is 8.02. The van der Waals surface area contributed by atoms with Gasteiger partial charge in [0.05, 0.1) is 6.33 Å². The molecule has 2 heterocycles. The Bertz CT molecular complexity index is 849. The van der Waals surface area contributed by atoms with Crippen LogP contribution in [-0.4, -0.2) is 21.1 Å². The van der Waals surface area contributed by atoms with Crippen molar-refractivity contribution in [2.24, 2.45) is 0 Å². The second-order valence-corrected chi connectivity index (χ2v) is 5.58. The quantitative estimate of drug-likeness (QED) is 0.635. The van der Waals surface area contributed by atoms with Crippen molar-refractivity contribution >= 4 is 5.88 Å². The molecular formula is C18H19N5O2. The van der Waals surface area contributed by atoms with E-state index >= 15 is 0 Å². The fourth-order valence-corrected chi connectivity index (χ4v) is 2.35. The highest BCUT2D eigenvalue weighted by atomic mass is 16.5. The number of aryl methyl sites for hydroxylation is 2. The van der Waals surface area contributed by atoms with Crippen LogP contribution < -0.4 is 10.1 Å². The zero-order valence-electron chi connectivity index (χ0n) is 14.0. The normalized spacial score (nSPS) is 10.4. The predicted octanol–water partition coefficient (Wildman–Crippen LogP) is 3.13. The summed E-state index contributed by atoms with van der Waals surface area (Å²) in [4.78, 5) is 8.16. The summed E-state index contributed by atoms with van der Waals surface area (Å²) in [5, 5.41) is 12.3. The fourth-order valence-electron chi connectivity index (χ4n) is 2.35. The summed E-state index contributed by atoms with van der Waals surface area (Å²) in [6, 6.07) is 9.77. The van der Waals surface area contributed by atoms with Gasteiger partial charge < -0.3 is 19.0 Å². The van der Waals surface area contributed by atoms with Gasteiger partial charge in [-0.2, -0.15) is 10.2 Å². The molecule has 3 aromatic rings. The molecule has 3 rings (SSSR count). The van der Waals surface area contributed by atoms with Crippen molar-refractivity contribution in [3.63, 3.8) is 0 Å². The van der Waals surface area contributed by atoms with Gasteiger partial charge in [-0.3, -0.25) is 0 Å². The monoisotopic (exact) mass is 337 g/mol. The lowest BCUT2D eigenvalue weighted by Gasteiger charge is -2.05. The zero-order chi connectivity index (χ0) is 17.5. The number of anilines is 1. The largest absolute Gasteiger partial charge is 0.484 e. The molecule has 0 unspecified atom stereocenters. The predicted molar refractivity (Wildman–Crippen MR) is 92.1 cm³/mol. The first-order valence-electron chi connectivity index (χ1n) is 8.03. The third-order valence-corrected chi connectivity index (χ3v) is 3.57. The van der Waals surface area contributed by atoms with E-state index in [9.17, 15) is 5.26 Å². The SMILES string of the molecule is Cc1cccc(OCc2nc(C#N)c(NCCCn3ccnc3)o2)c1. The number of aromatic nitrogens is 3. The Balaban J connectivity index is 1.53. The van der Waals surface area contributed by atoms with Crippen LogP contribution in [0.25, 0.3) is 0 Å². The lowest BCUT2D eigenvalue weighted by Crippen LogP contribution is -2.06. The summed E-state index contributed by atoms with van der Waals surface area (Å²) in [6.45, 7) is 3.68. The first kappa shape index (κ1) is 16.6. The summed E-state index contributed by atoms with van der Waals surface area (Å²) >= 11 is 0. The van der Waals surface area contributed by atoms with E-state index < -0.39 is 0 Å². The van der Waals surface area contributed by atoms with E-state index in [1.165, 1.54) is 0 Å². The van der Waals surface area contributed by atoms with Gasteiger partial charge in [0, 0.05) is 25.5 Å². The molecular weight excluding hydrogens is 318 g/mol. The Hall–Kier alpha value is -3.27. The molecule has 25 heavy (non-hydrogen) atoms. The molecule has 0 bridgehead atoms. The highest BCUT2D eigenvalue weighted by molar-refractivity contribution is 5.45. The topological polar surface area (TPSA) is 88.9 Å². The van der Waals surface area contributed by atoms with E-state index in [-0.39, 0.29) is 12.3 Å². The van der Waals surface area contributed by atoms with Crippen LogP contribution in [0.15, 0.2) is 47.4 Å². The van der Waals surface area contributed by atoms with Gasteiger partial charge in [-0.05, 0) is 31.0 Å². The van der Waals surface area contributed by atoms with Crippen LogP contribution in [0.2, 0.25) is 0 Å². The highest BCUT2D eigenvalue weighted by Crippen LogP contribution is 2.19. The number of ether oxygens (including phenoxy) is 1. The summed E-state index contributed by atoms with van der Waals surface area (Å²) in [6.07, 6.45) is 6.31. The van der Waals surface area contributed by atoms with E-state index in [4.69, 9.17) is 9.15 Å². The third-order valence-electron chi connectivity index (χ3n) is 3.57. The van der Waals surface area contributed by atoms with Crippen molar-refractivity contribution in [2.45, 2.75) is 26.5 Å². The number of hydrogen-bond donors (Lipinski definition) is 1.